The van der Waals surface area contributed by atoms with E-state index in [9.17, 15) is 18.4 Å². The topological polar surface area (TPSA) is 73.0 Å². The third-order valence-electron chi connectivity index (χ3n) is 5.03. The van der Waals surface area contributed by atoms with Crippen LogP contribution in [0.4, 0.5) is 8.78 Å². The van der Waals surface area contributed by atoms with Crippen LogP contribution in [0.1, 0.15) is 30.3 Å². The molecule has 27 heavy (non-hydrogen) atoms. The lowest BCUT2D eigenvalue weighted by Gasteiger charge is -2.26. The molecule has 3 unspecified atom stereocenters. The number of rotatable bonds is 3. The summed E-state index contributed by atoms with van der Waals surface area (Å²) in [5.41, 5.74) is 0.339. The molecule has 2 aromatic heterocycles. The van der Waals surface area contributed by atoms with Crippen LogP contribution in [0.25, 0.3) is 0 Å². The summed E-state index contributed by atoms with van der Waals surface area (Å²) in [5.74, 6) is 0.0906. The normalized spacial score (nSPS) is 24.9. The summed E-state index contributed by atoms with van der Waals surface area (Å²) < 4.78 is 29.6. The number of alkyl halides is 2. The molecule has 0 N–H and O–H groups in total. The quantitative estimate of drug-likeness (QED) is 0.736. The summed E-state index contributed by atoms with van der Waals surface area (Å²) in [6.45, 7) is -0.344. The van der Waals surface area contributed by atoms with E-state index < -0.39 is 30.0 Å². The van der Waals surface area contributed by atoms with Crippen LogP contribution >= 0.6 is 11.6 Å². The second-order valence-electron chi connectivity index (χ2n) is 6.90. The van der Waals surface area contributed by atoms with Crippen molar-refractivity contribution in [1.29, 1.82) is 0 Å². The van der Waals surface area contributed by atoms with E-state index in [1.54, 1.807) is 18.3 Å². The predicted octanol–water partition coefficient (Wildman–Crippen LogP) is 1.54. The number of hydrogen-bond donors (Lipinski definition) is 0. The van der Waals surface area contributed by atoms with Gasteiger partial charge >= 0.3 is 5.69 Å². The molecule has 144 valence electrons. The highest BCUT2D eigenvalue weighted by Gasteiger charge is 2.40. The molecule has 4 rings (SSSR count). The van der Waals surface area contributed by atoms with E-state index in [2.05, 4.69) is 10.1 Å². The molecule has 1 saturated heterocycles. The van der Waals surface area contributed by atoms with Gasteiger partial charge in [0.25, 0.3) is 0 Å². The van der Waals surface area contributed by atoms with Gasteiger partial charge in [-0.2, -0.15) is 5.10 Å². The molecule has 10 heteroatoms. The van der Waals surface area contributed by atoms with Crippen molar-refractivity contribution < 1.29 is 13.6 Å². The van der Waals surface area contributed by atoms with Gasteiger partial charge in [-0.05, 0) is 24.5 Å². The maximum atomic E-state index is 13.5. The zero-order valence-corrected chi connectivity index (χ0v) is 15.1. The first-order valence-electron chi connectivity index (χ1n) is 8.79. The number of amides is 1. The predicted molar refractivity (Wildman–Crippen MR) is 93.2 cm³/mol. The van der Waals surface area contributed by atoms with Gasteiger partial charge in [0.05, 0.1) is 19.6 Å². The Bertz CT molecular complexity index is 903. The van der Waals surface area contributed by atoms with E-state index in [4.69, 9.17) is 11.6 Å². The lowest BCUT2D eigenvalue weighted by atomic mass is 10.0. The van der Waals surface area contributed by atoms with Gasteiger partial charge in [-0.25, -0.2) is 23.2 Å². The number of pyridine rings is 1. The van der Waals surface area contributed by atoms with Crippen molar-refractivity contribution in [2.45, 2.75) is 44.2 Å². The SMILES string of the molecule is O=C(C1CCCc2nn(Cc3ccc(Cl)nc3)c(=O)n21)N1CC(F)C(F)C1. The highest BCUT2D eigenvalue weighted by atomic mass is 35.5. The van der Waals surface area contributed by atoms with Gasteiger partial charge in [0, 0.05) is 12.6 Å². The molecule has 2 aromatic rings. The van der Waals surface area contributed by atoms with Gasteiger partial charge in [0.15, 0.2) is 12.3 Å². The van der Waals surface area contributed by atoms with Crippen molar-refractivity contribution in [3.05, 3.63) is 45.4 Å². The molecule has 7 nitrogen and oxygen atoms in total. The zero-order chi connectivity index (χ0) is 19.1. The van der Waals surface area contributed by atoms with Crippen LogP contribution in [0.3, 0.4) is 0 Å². The van der Waals surface area contributed by atoms with Gasteiger partial charge < -0.3 is 4.90 Å². The fraction of sp³-hybridized carbons (Fsp3) is 0.529. The summed E-state index contributed by atoms with van der Waals surface area (Å²) >= 11 is 5.77. The van der Waals surface area contributed by atoms with Crippen LogP contribution in [0.5, 0.6) is 0 Å². The average molecular weight is 398 g/mol. The highest BCUT2D eigenvalue weighted by molar-refractivity contribution is 6.29. The molecular weight excluding hydrogens is 380 g/mol. The Labute approximate surface area is 158 Å². The van der Waals surface area contributed by atoms with Crippen LogP contribution < -0.4 is 5.69 Å². The molecule has 0 aromatic carbocycles. The van der Waals surface area contributed by atoms with Crippen molar-refractivity contribution in [1.82, 2.24) is 24.2 Å². The highest BCUT2D eigenvalue weighted by Crippen LogP contribution is 2.27. The van der Waals surface area contributed by atoms with Crippen molar-refractivity contribution in [3.8, 4) is 0 Å². The molecule has 2 aliphatic heterocycles. The molecule has 3 atom stereocenters. The number of likely N-dealkylation sites (tertiary alicyclic amines) is 1. The molecular formula is C17H18ClF2N5O2. The van der Waals surface area contributed by atoms with Crippen molar-refractivity contribution in [3.63, 3.8) is 0 Å². The number of carbonyl (C=O) groups is 1. The van der Waals surface area contributed by atoms with Gasteiger partial charge in [-0.3, -0.25) is 9.36 Å². The third kappa shape index (κ3) is 3.36. The summed E-state index contributed by atoms with van der Waals surface area (Å²) in [6.07, 6.45) is -0.0840. The van der Waals surface area contributed by atoms with Gasteiger partial charge in [-0.15, -0.1) is 0 Å². The molecule has 0 radical (unpaired) electrons. The molecule has 0 aliphatic carbocycles. The van der Waals surface area contributed by atoms with Gasteiger partial charge in [0.2, 0.25) is 5.91 Å². The molecule has 0 bridgehead atoms. The minimum absolute atomic E-state index is 0.201. The standard InChI is InChI=1S/C17H18ClF2N5O2/c18-14-5-4-10(6-21-14)7-24-17(27)25-13(2-1-3-15(25)22-24)16(26)23-8-11(19)12(20)9-23/h4-6,11-13H,1-3,7-9H2. The monoisotopic (exact) mass is 397 g/mol. The molecule has 1 fully saturated rings. The van der Waals surface area contributed by atoms with Crippen molar-refractivity contribution in [2.24, 2.45) is 0 Å². The van der Waals surface area contributed by atoms with E-state index in [1.165, 1.54) is 14.1 Å². The fourth-order valence-electron chi connectivity index (χ4n) is 3.66. The summed E-state index contributed by atoms with van der Waals surface area (Å²) in [4.78, 5) is 30.8. The van der Waals surface area contributed by atoms with Gasteiger partial charge in [-0.1, -0.05) is 17.7 Å². The first-order valence-corrected chi connectivity index (χ1v) is 9.17. The molecule has 4 heterocycles. The number of fused-ring (bicyclic) bond motifs is 1. The van der Waals surface area contributed by atoms with Crippen LogP contribution in [-0.4, -0.2) is 55.6 Å². The van der Waals surface area contributed by atoms with Crippen LogP contribution in [0.2, 0.25) is 5.15 Å². The first-order chi connectivity index (χ1) is 12.9. The minimum atomic E-state index is -1.67. The second-order valence-corrected chi connectivity index (χ2v) is 7.29. The Balaban J connectivity index is 1.61. The lowest BCUT2D eigenvalue weighted by Crippen LogP contribution is -2.42. The smallest absolute Gasteiger partial charge is 0.335 e. The summed E-state index contributed by atoms with van der Waals surface area (Å²) in [6, 6.07) is 2.60. The summed E-state index contributed by atoms with van der Waals surface area (Å²) in [7, 11) is 0. The lowest BCUT2D eigenvalue weighted by molar-refractivity contribution is -0.134. The average Bonchev–Trinajstić information content (AvgIpc) is 3.16. The molecule has 0 saturated carbocycles. The Morgan fingerprint density at radius 1 is 1.26 bits per heavy atom. The number of nitrogens with zero attached hydrogens (tertiary/aromatic N) is 5. The number of hydrogen-bond acceptors (Lipinski definition) is 4. The minimum Gasteiger partial charge on any atom is -0.335 e. The Morgan fingerprint density at radius 2 is 2.00 bits per heavy atom. The second kappa shape index (κ2) is 7.03. The zero-order valence-electron chi connectivity index (χ0n) is 14.4. The summed E-state index contributed by atoms with van der Waals surface area (Å²) in [5, 5.41) is 4.70. The van der Waals surface area contributed by atoms with E-state index in [1.807, 2.05) is 0 Å². The van der Waals surface area contributed by atoms with E-state index in [0.29, 0.717) is 30.2 Å². The van der Waals surface area contributed by atoms with Crippen LogP contribution in [0.15, 0.2) is 23.1 Å². The number of aryl methyl sites for hydroxylation is 1. The first kappa shape index (κ1) is 18.1. The van der Waals surface area contributed by atoms with E-state index in [0.717, 1.165) is 5.56 Å². The fourth-order valence-corrected chi connectivity index (χ4v) is 3.77. The van der Waals surface area contributed by atoms with Crippen molar-refractivity contribution in [2.75, 3.05) is 13.1 Å². The Kier molecular flexibility index (Phi) is 4.71. The number of halogens is 3. The molecule has 1 amide bonds. The van der Waals surface area contributed by atoms with E-state index >= 15 is 0 Å². The Morgan fingerprint density at radius 3 is 2.67 bits per heavy atom. The molecule has 2 aliphatic rings. The maximum absolute atomic E-state index is 13.5. The third-order valence-corrected chi connectivity index (χ3v) is 5.25. The van der Waals surface area contributed by atoms with Crippen molar-refractivity contribution >= 4 is 17.5 Å². The van der Waals surface area contributed by atoms with Crippen LogP contribution in [-0.2, 0) is 17.8 Å². The largest absolute Gasteiger partial charge is 0.346 e. The Hall–Kier alpha value is -2.29. The van der Waals surface area contributed by atoms with Gasteiger partial charge in [0.1, 0.15) is 17.0 Å². The van der Waals surface area contributed by atoms with Crippen LogP contribution in [0, 0.1) is 0 Å². The van der Waals surface area contributed by atoms with E-state index in [-0.39, 0.29) is 19.6 Å². The maximum Gasteiger partial charge on any atom is 0.346 e. The number of carbonyl (C=O) groups excluding carboxylic acids is 1. The molecule has 0 spiro atoms. The number of aromatic nitrogens is 4.